The van der Waals surface area contributed by atoms with E-state index < -0.39 is 0 Å². The predicted octanol–water partition coefficient (Wildman–Crippen LogP) is 0.743. The minimum atomic E-state index is 0.637. The van der Waals surface area contributed by atoms with Crippen LogP contribution in [0.2, 0.25) is 0 Å². The van der Waals surface area contributed by atoms with Crippen LogP contribution in [0, 0.1) is 3.95 Å². The Morgan fingerprint density at radius 3 is 3.17 bits per heavy atom. The second-order valence-corrected chi connectivity index (χ2v) is 4.48. The fourth-order valence-corrected chi connectivity index (χ4v) is 2.30. The Balaban J connectivity index is 2.19. The van der Waals surface area contributed by atoms with E-state index in [1.807, 2.05) is 0 Å². The van der Waals surface area contributed by atoms with Crippen molar-refractivity contribution in [1.29, 1.82) is 0 Å². The highest BCUT2D eigenvalue weighted by atomic mass is 32.2. The molecule has 2 rings (SSSR count). The first kappa shape index (κ1) is 7.83. The van der Waals surface area contributed by atoms with Gasteiger partial charge in [0.15, 0.2) is 14.6 Å². The maximum atomic E-state index is 4.85. The Kier molecular flexibility index (Phi) is 2.15. The molecule has 0 unspecified atom stereocenters. The maximum absolute atomic E-state index is 4.85. The van der Waals surface area contributed by atoms with Gasteiger partial charge in [0.1, 0.15) is 0 Å². The van der Waals surface area contributed by atoms with E-state index in [1.165, 1.54) is 33.8 Å². The van der Waals surface area contributed by atoms with Crippen LogP contribution in [-0.2, 0) is 0 Å². The molecule has 0 aliphatic carbocycles. The Hall–Kier alpha value is -0.800. The van der Waals surface area contributed by atoms with E-state index in [0.717, 1.165) is 4.34 Å². The molecule has 0 aliphatic rings. The summed E-state index contributed by atoms with van der Waals surface area (Å²) < 4.78 is 2.76. The zero-order chi connectivity index (χ0) is 8.39. The third-order valence-electron chi connectivity index (χ3n) is 0.908. The lowest BCUT2D eigenvalue weighted by Crippen LogP contribution is -1.90. The average molecular weight is 218 g/mol. The highest BCUT2D eigenvalue weighted by molar-refractivity contribution is 7.99. The number of hydrogen-bond donors (Lipinski definition) is 1. The Morgan fingerprint density at radius 1 is 1.67 bits per heavy atom. The molecule has 2 heterocycles. The standard InChI is InChI=1S/C3H2N6S3/c10-2-6-7-3(11-2)12-9-5-1-4-8-9/h1H,(H,6,10). The monoisotopic (exact) mass is 218 g/mol. The summed E-state index contributed by atoms with van der Waals surface area (Å²) in [5.41, 5.74) is 0. The van der Waals surface area contributed by atoms with Crippen molar-refractivity contribution in [3.8, 4) is 0 Å². The van der Waals surface area contributed by atoms with E-state index in [2.05, 4.69) is 25.6 Å². The first-order valence-corrected chi connectivity index (χ1v) is 4.81. The molecule has 0 bridgehead atoms. The maximum Gasteiger partial charge on any atom is 0.197 e. The van der Waals surface area contributed by atoms with Gasteiger partial charge in [-0.05, 0) is 17.4 Å². The molecule has 2 aromatic heterocycles. The van der Waals surface area contributed by atoms with Gasteiger partial charge in [0.2, 0.25) is 0 Å². The largest absolute Gasteiger partial charge is 0.257 e. The van der Waals surface area contributed by atoms with Crippen LogP contribution in [0.25, 0.3) is 0 Å². The zero-order valence-electron chi connectivity index (χ0n) is 5.54. The molecular weight excluding hydrogens is 216 g/mol. The molecule has 0 amide bonds. The van der Waals surface area contributed by atoms with Gasteiger partial charge in [-0.2, -0.15) is 5.10 Å². The van der Waals surface area contributed by atoms with Crippen molar-refractivity contribution in [3.05, 3.63) is 10.3 Å². The minimum absolute atomic E-state index is 0.637. The van der Waals surface area contributed by atoms with Gasteiger partial charge in [-0.1, -0.05) is 15.5 Å². The molecule has 0 saturated carbocycles. The summed E-state index contributed by atoms with van der Waals surface area (Å²) in [7, 11) is 0. The molecule has 2 aromatic rings. The van der Waals surface area contributed by atoms with Crippen molar-refractivity contribution in [3.63, 3.8) is 0 Å². The number of tetrazole rings is 1. The van der Waals surface area contributed by atoms with Crippen molar-refractivity contribution in [2.75, 3.05) is 0 Å². The van der Waals surface area contributed by atoms with E-state index in [4.69, 9.17) is 12.2 Å². The molecular formula is C3H2N6S3. The third-order valence-corrected chi connectivity index (χ3v) is 2.84. The minimum Gasteiger partial charge on any atom is -0.257 e. The first-order valence-electron chi connectivity index (χ1n) is 2.81. The zero-order valence-corrected chi connectivity index (χ0v) is 7.99. The topological polar surface area (TPSA) is 72.3 Å². The number of nitrogens with zero attached hydrogens (tertiary/aromatic N) is 5. The van der Waals surface area contributed by atoms with E-state index in [-0.39, 0.29) is 0 Å². The molecule has 0 spiro atoms. The van der Waals surface area contributed by atoms with Gasteiger partial charge in [-0.25, -0.2) is 0 Å². The fourth-order valence-electron chi connectivity index (χ4n) is 0.525. The lowest BCUT2D eigenvalue weighted by Gasteiger charge is -1.87. The van der Waals surface area contributed by atoms with E-state index in [0.29, 0.717) is 3.95 Å². The SMILES string of the molecule is S=c1[nH]nc(Sn2ncnn2)s1. The summed E-state index contributed by atoms with van der Waals surface area (Å²) in [6, 6.07) is 0. The van der Waals surface area contributed by atoms with Crippen LogP contribution >= 0.6 is 35.5 Å². The van der Waals surface area contributed by atoms with Crippen molar-refractivity contribution in [1.82, 2.24) is 29.8 Å². The summed E-state index contributed by atoms with van der Waals surface area (Å²) in [4.78, 5) is 0. The van der Waals surface area contributed by atoms with Gasteiger partial charge in [0, 0.05) is 0 Å². The van der Waals surface area contributed by atoms with E-state index in [9.17, 15) is 0 Å². The molecule has 0 radical (unpaired) electrons. The van der Waals surface area contributed by atoms with Gasteiger partial charge in [-0.3, -0.25) is 5.10 Å². The smallest absolute Gasteiger partial charge is 0.197 e. The van der Waals surface area contributed by atoms with Crippen molar-refractivity contribution < 1.29 is 0 Å². The molecule has 0 saturated heterocycles. The van der Waals surface area contributed by atoms with Crippen LogP contribution in [0.3, 0.4) is 0 Å². The molecule has 62 valence electrons. The lowest BCUT2D eigenvalue weighted by molar-refractivity contribution is 0.813. The molecule has 0 atom stereocenters. The molecule has 12 heavy (non-hydrogen) atoms. The number of aromatic amines is 1. The summed E-state index contributed by atoms with van der Waals surface area (Å²) in [6.45, 7) is 0. The molecule has 6 nitrogen and oxygen atoms in total. The normalized spacial score (nSPS) is 10.3. The highest BCUT2D eigenvalue weighted by Gasteiger charge is 2.01. The van der Waals surface area contributed by atoms with Crippen LogP contribution in [0.15, 0.2) is 10.7 Å². The van der Waals surface area contributed by atoms with Crippen LogP contribution in [0.5, 0.6) is 0 Å². The summed E-state index contributed by atoms with van der Waals surface area (Å²) in [5, 5.41) is 17.6. The van der Waals surface area contributed by atoms with Crippen LogP contribution in [0.4, 0.5) is 0 Å². The van der Waals surface area contributed by atoms with Crippen LogP contribution in [0.1, 0.15) is 0 Å². The molecule has 0 aromatic carbocycles. The Morgan fingerprint density at radius 2 is 2.58 bits per heavy atom. The number of nitrogens with one attached hydrogen (secondary N) is 1. The summed E-state index contributed by atoms with van der Waals surface area (Å²) >= 11 is 7.47. The van der Waals surface area contributed by atoms with E-state index in [1.54, 1.807) is 0 Å². The molecule has 9 heteroatoms. The fraction of sp³-hybridized carbons (Fsp3) is 0. The number of aromatic nitrogens is 6. The lowest BCUT2D eigenvalue weighted by atomic mass is 11.4. The number of rotatable bonds is 2. The number of hydrogen-bond acceptors (Lipinski definition) is 7. The average Bonchev–Trinajstić information content (AvgIpc) is 2.63. The Labute approximate surface area is 80.1 Å². The molecule has 0 fully saturated rings. The van der Waals surface area contributed by atoms with Gasteiger partial charge >= 0.3 is 0 Å². The third kappa shape index (κ3) is 1.68. The summed E-state index contributed by atoms with van der Waals surface area (Å²) in [5.74, 6) is 0. The van der Waals surface area contributed by atoms with Crippen molar-refractivity contribution in [2.24, 2.45) is 0 Å². The second-order valence-electron chi connectivity index (χ2n) is 1.66. The Bertz CT molecular complexity index is 400. The van der Waals surface area contributed by atoms with Crippen LogP contribution < -0.4 is 0 Å². The van der Waals surface area contributed by atoms with Gasteiger partial charge in [0.05, 0.1) is 11.9 Å². The van der Waals surface area contributed by atoms with Gasteiger partial charge in [-0.15, -0.1) is 10.2 Å². The van der Waals surface area contributed by atoms with Crippen LogP contribution in [-0.4, -0.2) is 29.8 Å². The number of H-pyrrole nitrogens is 1. The van der Waals surface area contributed by atoms with Crippen molar-refractivity contribution >= 4 is 35.5 Å². The molecule has 0 aliphatic heterocycles. The van der Waals surface area contributed by atoms with Crippen molar-refractivity contribution in [2.45, 2.75) is 4.34 Å². The second kappa shape index (κ2) is 3.29. The first-order chi connectivity index (χ1) is 5.84. The van der Waals surface area contributed by atoms with Gasteiger partial charge < -0.3 is 0 Å². The quantitative estimate of drug-likeness (QED) is 0.750. The summed E-state index contributed by atoms with van der Waals surface area (Å²) in [6.07, 6.45) is 1.36. The van der Waals surface area contributed by atoms with E-state index >= 15 is 0 Å². The van der Waals surface area contributed by atoms with Gasteiger partial charge in [0.25, 0.3) is 0 Å². The predicted molar refractivity (Wildman–Crippen MR) is 46.4 cm³/mol. The highest BCUT2D eigenvalue weighted by Crippen LogP contribution is 2.19. The molecule has 1 N–H and O–H groups in total.